The number of hydrogen-bond acceptors (Lipinski definition) is 3. The molecule has 1 aliphatic rings. The first-order chi connectivity index (χ1) is 12.9. The number of halogens is 1. The molecule has 144 valence electrons. The van der Waals surface area contributed by atoms with Gasteiger partial charge in [-0.1, -0.05) is 24.3 Å². The third-order valence-electron chi connectivity index (χ3n) is 5.42. The fraction of sp³-hybridized carbons (Fsp3) is 0.409. The van der Waals surface area contributed by atoms with E-state index in [0.717, 1.165) is 31.7 Å². The van der Waals surface area contributed by atoms with Gasteiger partial charge < -0.3 is 9.80 Å². The Balaban J connectivity index is 1.52. The van der Waals surface area contributed by atoms with Crippen molar-refractivity contribution in [1.82, 2.24) is 9.80 Å². The number of benzene rings is 2. The number of rotatable bonds is 5. The zero-order valence-electron chi connectivity index (χ0n) is 16.4. The zero-order valence-corrected chi connectivity index (χ0v) is 16.4. The molecule has 1 amide bonds. The van der Waals surface area contributed by atoms with Crippen molar-refractivity contribution < 1.29 is 9.18 Å². The number of piperazine rings is 1. The number of hydrogen-bond donors (Lipinski definition) is 0. The number of nitrogens with zero attached hydrogens (tertiary/aromatic N) is 3. The summed E-state index contributed by atoms with van der Waals surface area (Å²) >= 11 is 0. The molecule has 5 heteroatoms. The summed E-state index contributed by atoms with van der Waals surface area (Å²) in [6.07, 6.45) is 0. The molecular weight excluding hydrogens is 341 g/mol. The second-order valence-electron chi connectivity index (χ2n) is 7.33. The van der Waals surface area contributed by atoms with Crippen LogP contribution in [0.2, 0.25) is 0 Å². The monoisotopic (exact) mass is 369 g/mol. The molecule has 4 nitrogen and oxygen atoms in total. The minimum atomic E-state index is -0.258. The van der Waals surface area contributed by atoms with Gasteiger partial charge in [-0.3, -0.25) is 9.69 Å². The summed E-state index contributed by atoms with van der Waals surface area (Å²) in [5.74, 6) is -0.165. The van der Waals surface area contributed by atoms with Gasteiger partial charge in [0.1, 0.15) is 5.82 Å². The Kier molecular flexibility index (Phi) is 6.11. The standard InChI is InChI=1S/C22H28FN3O/c1-17-5-4-6-21(15-17)26-13-11-25(12-14-26)16-22(27)24(3)18(2)19-7-9-20(23)10-8-19/h4-10,15,18H,11-14,16H2,1-3H3. The number of aryl methyl sites for hydroxylation is 1. The number of carbonyl (C=O) groups is 1. The molecule has 0 N–H and O–H groups in total. The predicted molar refractivity (Wildman–Crippen MR) is 107 cm³/mol. The highest BCUT2D eigenvalue weighted by molar-refractivity contribution is 5.78. The summed E-state index contributed by atoms with van der Waals surface area (Å²) in [6, 6.07) is 14.8. The molecule has 0 saturated carbocycles. The highest BCUT2D eigenvalue weighted by atomic mass is 19.1. The lowest BCUT2D eigenvalue weighted by molar-refractivity contribution is -0.133. The van der Waals surface area contributed by atoms with Gasteiger partial charge in [-0.2, -0.15) is 0 Å². The van der Waals surface area contributed by atoms with Crippen LogP contribution in [0.1, 0.15) is 24.1 Å². The predicted octanol–water partition coefficient (Wildman–Crippen LogP) is 3.48. The maximum Gasteiger partial charge on any atom is 0.236 e. The van der Waals surface area contributed by atoms with Crippen molar-refractivity contribution >= 4 is 11.6 Å². The first-order valence-electron chi connectivity index (χ1n) is 9.49. The molecule has 1 atom stereocenters. The third-order valence-corrected chi connectivity index (χ3v) is 5.42. The van der Waals surface area contributed by atoms with Crippen LogP contribution in [0.3, 0.4) is 0 Å². The quantitative estimate of drug-likeness (QED) is 0.807. The van der Waals surface area contributed by atoms with E-state index in [2.05, 4.69) is 41.0 Å². The Bertz CT molecular complexity index is 769. The van der Waals surface area contributed by atoms with Crippen molar-refractivity contribution in [3.8, 4) is 0 Å². The second kappa shape index (κ2) is 8.53. The minimum absolute atomic E-state index is 0.0771. The number of anilines is 1. The molecule has 1 fully saturated rings. The van der Waals surface area contributed by atoms with Crippen LogP contribution in [0.5, 0.6) is 0 Å². The lowest BCUT2D eigenvalue weighted by Crippen LogP contribution is -2.50. The molecule has 3 rings (SSSR count). The average Bonchev–Trinajstić information content (AvgIpc) is 2.68. The SMILES string of the molecule is Cc1cccc(N2CCN(CC(=O)N(C)C(C)c3ccc(F)cc3)CC2)c1. The molecule has 1 heterocycles. The van der Waals surface area contributed by atoms with E-state index in [1.165, 1.54) is 23.4 Å². The smallest absolute Gasteiger partial charge is 0.236 e. The molecular formula is C22H28FN3O. The Hall–Kier alpha value is -2.40. The highest BCUT2D eigenvalue weighted by Gasteiger charge is 2.23. The van der Waals surface area contributed by atoms with Crippen LogP contribution < -0.4 is 4.90 Å². The van der Waals surface area contributed by atoms with Crippen molar-refractivity contribution in [3.05, 3.63) is 65.5 Å². The van der Waals surface area contributed by atoms with Crippen molar-refractivity contribution in [3.63, 3.8) is 0 Å². The highest BCUT2D eigenvalue weighted by Crippen LogP contribution is 2.20. The van der Waals surface area contributed by atoms with Crippen LogP contribution in [0.15, 0.2) is 48.5 Å². The molecule has 1 aliphatic heterocycles. The zero-order chi connectivity index (χ0) is 19.4. The van der Waals surface area contributed by atoms with Gasteiger partial charge in [-0.05, 0) is 49.2 Å². The number of likely N-dealkylation sites (N-methyl/N-ethyl adjacent to an activating group) is 1. The van der Waals surface area contributed by atoms with E-state index in [0.29, 0.717) is 6.54 Å². The van der Waals surface area contributed by atoms with Gasteiger partial charge in [-0.25, -0.2) is 4.39 Å². The van der Waals surface area contributed by atoms with E-state index in [1.807, 2.05) is 14.0 Å². The van der Waals surface area contributed by atoms with Crippen molar-refractivity contribution in [2.45, 2.75) is 19.9 Å². The van der Waals surface area contributed by atoms with Crippen LogP contribution in [0.4, 0.5) is 10.1 Å². The molecule has 0 bridgehead atoms. The van der Waals surface area contributed by atoms with E-state index in [-0.39, 0.29) is 17.8 Å². The first kappa shape index (κ1) is 19.4. The molecule has 2 aromatic rings. The number of amides is 1. The average molecular weight is 369 g/mol. The summed E-state index contributed by atoms with van der Waals surface area (Å²) in [6.45, 7) is 8.10. The van der Waals surface area contributed by atoms with Crippen LogP contribution in [-0.4, -0.2) is 55.5 Å². The van der Waals surface area contributed by atoms with Gasteiger partial charge in [0.2, 0.25) is 5.91 Å². The number of carbonyl (C=O) groups excluding carboxylic acids is 1. The summed E-state index contributed by atoms with van der Waals surface area (Å²) in [7, 11) is 1.82. The van der Waals surface area contributed by atoms with Crippen LogP contribution in [0, 0.1) is 12.7 Å². The van der Waals surface area contributed by atoms with Gasteiger partial charge in [0.05, 0.1) is 12.6 Å². The summed E-state index contributed by atoms with van der Waals surface area (Å²) in [5.41, 5.74) is 3.46. The molecule has 0 radical (unpaired) electrons. The Morgan fingerprint density at radius 3 is 2.41 bits per heavy atom. The lowest BCUT2D eigenvalue weighted by atomic mass is 10.1. The molecule has 27 heavy (non-hydrogen) atoms. The molecule has 0 spiro atoms. The topological polar surface area (TPSA) is 26.8 Å². The van der Waals surface area contributed by atoms with E-state index in [9.17, 15) is 9.18 Å². The van der Waals surface area contributed by atoms with Crippen LogP contribution >= 0.6 is 0 Å². The van der Waals surface area contributed by atoms with Crippen LogP contribution in [0.25, 0.3) is 0 Å². The third kappa shape index (κ3) is 4.86. The van der Waals surface area contributed by atoms with E-state index in [4.69, 9.17) is 0 Å². The van der Waals surface area contributed by atoms with Gasteiger partial charge in [0.25, 0.3) is 0 Å². The fourth-order valence-corrected chi connectivity index (χ4v) is 3.47. The Labute approximate surface area is 161 Å². The fourth-order valence-electron chi connectivity index (χ4n) is 3.47. The Morgan fingerprint density at radius 2 is 1.78 bits per heavy atom. The van der Waals surface area contributed by atoms with Crippen molar-refractivity contribution in [1.29, 1.82) is 0 Å². The van der Waals surface area contributed by atoms with Crippen LogP contribution in [-0.2, 0) is 4.79 Å². The maximum atomic E-state index is 13.1. The summed E-state index contributed by atoms with van der Waals surface area (Å²) in [4.78, 5) is 19.0. The molecule has 0 aliphatic carbocycles. The lowest BCUT2D eigenvalue weighted by Gasteiger charge is -2.37. The van der Waals surface area contributed by atoms with Gasteiger partial charge >= 0.3 is 0 Å². The molecule has 2 aromatic carbocycles. The van der Waals surface area contributed by atoms with Gasteiger partial charge in [0.15, 0.2) is 0 Å². The van der Waals surface area contributed by atoms with E-state index < -0.39 is 0 Å². The maximum absolute atomic E-state index is 13.1. The normalized spacial score (nSPS) is 16.2. The summed E-state index contributed by atoms with van der Waals surface area (Å²) in [5, 5.41) is 0. The molecule has 0 aromatic heterocycles. The molecule has 1 unspecified atom stereocenters. The Morgan fingerprint density at radius 1 is 1.11 bits per heavy atom. The second-order valence-corrected chi connectivity index (χ2v) is 7.33. The van der Waals surface area contributed by atoms with Gasteiger partial charge in [-0.15, -0.1) is 0 Å². The van der Waals surface area contributed by atoms with E-state index in [1.54, 1.807) is 17.0 Å². The van der Waals surface area contributed by atoms with Crippen molar-refractivity contribution in [2.24, 2.45) is 0 Å². The van der Waals surface area contributed by atoms with E-state index >= 15 is 0 Å². The molecule has 1 saturated heterocycles. The largest absolute Gasteiger partial charge is 0.369 e. The van der Waals surface area contributed by atoms with Crippen molar-refractivity contribution in [2.75, 3.05) is 44.7 Å². The van der Waals surface area contributed by atoms with Gasteiger partial charge in [0, 0.05) is 38.9 Å². The first-order valence-corrected chi connectivity index (χ1v) is 9.49. The minimum Gasteiger partial charge on any atom is -0.369 e. The summed E-state index contributed by atoms with van der Waals surface area (Å²) < 4.78 is 13.1.